The molecule has 0 radical (unpaired) electrons. The lowest BCUT2D eigenvalue weighted by molar-refractivity contribution is -0.307. The van der Waals surface area contributed by atoms with E-state index in [1.165, 1.54) is 11.8 Å². The van der Waals surface area contributed by atoms with Gasteiger partial charge in [-0.3, -0.25) is 14.5 Å². The van der Waals surface area contributed by atoms with Crippen molar-refractivity contribution in [3.05, 3.63) is 24.3 Å². The molecule has 0 bridgehead atoms. The third kappa shape index (κ3) is 4.85. The summed E-state index contributed by atoms with van der Waals surface area (Å²) in [5.74, 6) is -2.88. The van der Waals surface area contributed by atoms with Crippen LogP contribution in [0.25, 0.3) is 0 Å². The Hall–Kier alpha value is -3.10. The summed E-state index contributed by atoms with van der Waals surface area (Å²) in [6.45, 7) is 8.39. The van der Waals surface area contributed by atoms with Gasteiger partial charge in [-0.25, -0.2) is 4.79 Å². The highest BCUT2D eigenvalue weighted by molar-refractivity contribution is 6.12. The average molecular weight is 403 g/mol. The number of fused-ring (bicyclic) bond motifs is 1. The molecule has 1 heterocycles. The predicted octanol–water partition coefficient (Wildman–Crippen LogP) is 0.459. The minimum Gasteiger partial charge on any atom is -0.548 e. The molecule has 29 heavy (non-hydrogen) atoms. The number of carboxylic acid groups (broad SMARTS) is 1. The maximum atomic E-state index is 13.2. The Bertz CT molecular complexity index is 808. The number of carboxylic acids is 1. The third-order valence-corrected chi connectivity index (χ3v) is 4.76. The molecule has 1 aliphatic rings. The Kier molecular flexibility index (Phi) is 6.84. The van der Waals surface area contributed by atoms with Crippen LogP contribution in [0.5, 0.6) is 0 Å². The van der Waals surface area contributed by atoms with Crippen LogP contribution in [0.15, 0.2) is 24.3 Å². The molecule has 0 saturated carbocycles. The second-order valence-electron chi connectivity index (χ2n) is 7.79. The zero-order valence-corrected chi connectivity index (χ0v) is 17.2. The maximum Gasteiger partial charge on any atom is 0.323 e. The Morgan fingerprint density at radius 2 is 1.69 bits per heavy atom. The third-order valence-electron chi connectivity index (χ3n) is 4.76. The van der Waals surface area contributed by atoms with Crippen molar-refractivity contribution in [1.29, 1.82) is 0 Å². The summed E-state index contributed by atoms with van der Waals surface area (Å²) in [5.41, 5.74) is 1.02. The minimum absolute atomic E-state index is 0.182. The number of para-hydroxylation sites is 2. The molecule has 0 aromatic heterocycles. The number of carbonyl (C=O) groups excluding carboxylic acids is 4. The second kappa shape index (κ2) is 8.93. The fraction of sp³-hybridized carbons (Fsp3) is 0.500. The van der Waals surface area contributed by atoms with Crippen LogP contribution in [0.1, 0.15) is 34.6 Å². The number of aliphatic carboxylic acids is 1. The maximum absolute atomic E-state index is 13.2. The molecule has 9 nitrogen and oxygen atoms in total. The van der Waals surface area contributed by atoms with E-state index in [1.807, 2.05) is 13.8 Å². The summed E-state index contributed by atoms with van der Waals surface area (Å²) in [6.07, 6.45) is 0. The molecule has 0 aliphatic carbocycles. The summed E-state index contributed by atoms with van der Waals surface area (Å²) >= 11 is 0. The average Bonchev–Trinajstić information content (AvgIpc) is 2.63. The lowest BCUT2D eigenvalue weighted by Gasteiger charge is -2.39. The van der Waals surface area contributed by atoms with Crippen molar-refractivity contribution in [3.8, 4) is 0 Å². The van der Waals surface area contributed by atoms with E-state index < -0.39 is 36.0 Å². The van der Waals surface area contributed by atoms with Crippen molar-refractivity contribution in [2.75, 3.05) is 10.2 Å². The van der Waals surface area contributed by atoms with Gasteiger partial charge in [0.25, 0.3) is 0 Å². The van der Waals surface area contributed by atoms with Crippen LogP contribution in [0.4, 0.5) is 16.2 Å². The number of rotatable bonds is 6. The van der Waals surface area contributed by atoms with Gasteiger partial charge in [0.1, 0.15) is 12.1 Å². The molecule has 158 valence electrons. The quantitative estimate of drug-likeness (QED) is 0.635. The molecule has 1 aromatic rings. The van der Waals surface area contributed by atoms with Crippen molar-refractivity contribution >= 4 is 35.2 Å². The van der Waals surface area contributed by atoms with Crippen LogP contribution >= 0.6 is 0 Å². The molecular weight excluding hydrogens is 376 g/mol. The molecule has 3 N–H and O–H groups in total. The first kappa shape index (κ1) is 22.2. The monoisotopic (exact) mass is 403 g/mol. The van der Waals surface area contributed by atoms with Gasteiger partial charge in [-0.2, -0.15) is 0 Å². The minimum atomic E-state index is -1.42. The van der Waals surface area contributed by atoms with Gasteiger partial charge in [-0.1, -0.05) is 39.8 Å². The first-order valence-corrected chi connectivity index (χ1v) is 9.55. The van der Waals surface area contributed by atoms with Gasteiger partial charge >= 0.3 is 6.03 Å². The van der Waals surface area contributed by atoms with Gasteiger partial charge < -0.3 is 25.9 Å². The summed E-state index contributed by atoms with van der Waals surface area (Å²) in [7, 11) is 0. The largest absolute Gasteiger partial charge is 0.548 e. The zero-order chi connectivity index (χ0) is 21.9. The molecule has 9 heteroatoms. The van der Waals surface area contributed by atoms with E-state index in [1.54, 1.807) is 38.1 Å². The molecule has 0 fully saturated rings. The SMILES string of the molecule is CC(C)[C@H](NC(=O)N1c2ccccc2NC(=O)[C@@H]1C(C)C)C(=O)N[C@@H](C)C(=O)[O-]. The van der Waals surface area contributed by atoms with Gasteiger partial charge in [0.05, 0.1) is 23.4 Å². The molecular formula is C20H27N4O5-. The van der Waals surface area contributed by atoms with Crippen molar-refractivity contribution in [2.24, 2.45) is 11.8 Å². The number of urea groups is 1. The highest BCUT2D eigenvalue weighted by atomic mass is 16.4. The lowest BCUT2D eigenvalue weighted by Crippen LogP contribution is -2.61. The van der Waals surface area contributed by atoms with Crippen LogP contribution in [0, 0.1) is 11.8 Å². The normalized spacial score (nSPS) is 18.0. The van der Waals surface area contributed by atoms with Gasteiger partial charge in [-0.15, -0.1) is 0 Å². The topological polar surface area (TPSA) is 131 Å². The van der Waals surface area contributed by atoms with Gasteiger partial charge in [0.2, 0.25) is 11.8 Å². The number of carbonyl (C=O) groups is 4. The van der Waals surface area contributed by atoms with Crippen LogP contribution in [0.3, 0.4) is 0 Å². The van der Waals surface area contributed by atoms with E-state index in [-0.39, 0.29) is 17.7 Å². The molecule has 1 aromatic carbocycles. The number of amides is 4. The van der Waals surface area contributed by atoms with E-state index >= 15 is 0 Å². The number of nitrogens with one attached hydrogen (secondary N) is 3. The second-order valence-corrected chi connectivity index (χ2v) is 7.79. The standard InChI is InChI=1S/C20H28N4O5/c1-10(2)15(17(25)21-12(5)19(27)28)23-20(29)24-14-9-7-6-8-13(14)22-18(26)16(24)11(3)4/h6-12,15-16H,1-5H3,(H,21,25)(H,22,26)(H,23,29)(H,27,28)/p-1/t12-,15-,16-/m0/s1. The van der Waals surface area contributed by atoms with Crippen molar-refractivity contribution < 1.29 is 24.3 Å². The molecule has 0 unspecified atom stereocenters. The molecule has 4 amide bonds. The number of hydrogen-bond donors (Lipinski definition) is 3. The summed E-state index contributed by atoms with van der Waals surface area (Å²) in [4.78, 5) is 50.6. The Balaban J connectivity index is 2.32. The molecule has 1 aliphatic heterocycles. The Morgan fingerprint density at radius 1 is 1.07 bits per heavy atom. The zero-order valence-electron chi connectivity index (χ0n) is 17.2. The van der Waals surface area contributed by atoms with E-state index in [2.05, 4.69) is 16.0 Å². The number of nitrogens with zero attached hydrogens (tertiary/aromatic N) is 1. The first-order chi connectivity index (χ1) is 13.5. The predicted molar refractivity (Wildman–Crippen MR) is 106 cm³/mol. The molecule has 0 spiro atoms. The van der Waals surface area contributed by atoms with Gasteiger partial charge in [-0.05, 0) is 30.9 Å². The smallest absolute Gasteiger partial charge is 0.323 e. The summed E-state index contributed by atoms with van der Waals surface area (Å²) < 4.78 is 0. The van der Waals surface area contributed by atoms with Crippen LogP contribution < -0.4 is 26.0 Å². The lowest BCUT2D eigenvalue weighted by atomic mass is 9.97. The van der Waals surface area contributed by atoms with E-state index in [0.29, 0.717) is 11.4 Å². The number of benzene rings is 1. The fourth-order valence-electron chi connectivity index (χ4n) is 3.20. The van der Waals surface area contributed by atoms with E-state index in [9.17, 15) is 24.3 Å². The number of anilines is 2. The highest BCUT2D eigenvalue weighted by Crippen LogP contribution is 2.34. The van der Waals surface area contributed by atoms with E-state index in [0.717, 1.165) is 0 Å². The Morgan fingerprint density at radius 3 is 2.24 bits per heavy atom. The fourth-order valence-corrected chi connectivity index (χ4v) is 3.20. The van der Waals surface area contributed by atoms with Crippen molar-refractivity contribution in [1.82, 2.24) is 10.6 Å². The van der Waals surface area contributed by atoms with Crippen molar-refractivity contribution in [3.63, 3.8) is 0 Å². The number of hydrogen-bond acceptors (Lipinski definition) is 5. The molecule has 3 atom stereocenters. The van der Waals surface area contributed by atoms with Gasteiger partial charge in [0.15, 0.2) is 0 Å². The molecule has 0 saturated heterocycles. The van der Waals surface area contributed by atoms with E-state index in [4.69, 9.17) is 0 Å². The summed E-state index contributed by atoms with van der Waals surface area (Å²) in [6, 6.07) is 3.34. The van der Waals surface area contributed by atoms with Crippen LogP contribution in [-0.4, -0.2) is 41.9 Å². The summed E-state index contributed by atoms with van der Waals surface area (Å²) in [5, 5.41) is 18.7. The van der Waals surface area contributed by atoms with Crippen molar-refractivity contribution in [2.45, 2.75) is 52.7 Å². The highest BCUT2D eigenvalue weighted by Gasteiger charge is 2.40. The first-order valence-electron chi connectivity index (χ1n) is 9.55. The van der Waals surface area contributed by atoms with Crippen LogP contribution in [-0.2, 0) is 14.4 Å². The Labute approximate surface area is 169 Å². The molecule has 2 rings (SSSR count). The van der Waals surface area contributed by atoms with Crippen LogP contribution in [0.2, 0.25) is 0 Å². The van der Waals surface area contributed by atoms with Gasteiger partial charge in [0, 0.05) is 0 Å².